The Balaban J connectivity index is 1.98. The van der Waals surface area contributed by atoms with Gasteiger partial charge in [-0.2, -0.15) is 0 Å². The summed E-state index contributed by atoms with van der Waals surface area (Å²) in [5, 5.41) is 6.15. The Morgan fingerprint density at radius 2 is 1.68 bits per heavy atom. The highest BCUT2D eigenvalue weighted by Crippen LogP contribution is 2.18. The number of aryl methyl sites for hydroxylation is 1. The fraction of sp³-hybridized carbons (Fsp3) is 0.333. The predicted octanol–water partition coefficient (Wildman–Crippen LogP) is 4.51. The molecule has 0 atom stereocenters. The van der Waals surface area contributed by atoms with Crippen LogP contribution in [0.4, 0.5) is 17.2 Å². The second-order valence-corrected chi connectivity index (χ2v) is 5.43. The van der Waals surface area contributed by atoms with Crippen molar-refractivity contribution in [2.45, 2.75) is 33.6 Å². The fourth-order valence-electron chi connectivity index (χ4n) is 2.23. The van der Waals surface area contributed by atoms with E-state index in [9.17, 15) is 4.79 Å². The first-order chi connectivity index (χ1) is 10.6. The third-order valence-electron chi connectivity index (χ3n) is 3.71. The van der Waals surface area contributed by atoms with Crippen LogP contribution in [0.15, 0.2) is 42.6 Å². The van der Waals surface area contributed by atoms with E-state index in [1.165, 1.54) is 5.56 Å². The van der Waals surface area contributed by atoms with Crippen LogP contribution in [0.2, 0.25) is 0 Å². The van der Waals surface area contributed by atoms with Gasteiger partial charge in [0.15, 0.2) is 0 Å². The number of anilines is 3. The zero-order valence-corrected chi connectivity index (χ0v) is 13.4. The molecule has 2 rings (SSSR count). The van der Waals surface area contributed by atoms with Crippen LogP contribution in [0.5, 0.6) is 0 Å². The van der Waals surface area contributed by atoms with E-state index in [1.54, 1.807) is 6.20 Å². The maximum absolute atomic E-state index is 12.0. The molecule has 1 heterocycles. The summed E-state index contributed by atoms with van der Waals surface area (Å²) < 4.78 is 0. The van der Waals surface area contributed by atoms with Gasteiger partial charge in [0, 0.05) is 11.6 Å². The van der Waals surface area contributed by atoms with Crippen LogP contribution in [-0.2, 0) is 4.79 Å². The van der Waals surface area contributed by atoms with E-state index in [2.05, 4.69) is 34.7 Å². The molecule has 0 radical (unpaired) electrons. The Morgan fingerprint density at radius 1 is 1.05 bits per heavy atom. The molecule has 2 N–H and O–H groups in total. The lowest BCUT2D eigenvalue weighted by atomic mass is 10.0. The minimum Gasteiger partial charge on any atom is -0.354 e. The Morgan fingerprint density at radius 3 is 2.23 bits per heavy atom. The summed E-state index contributed by atoms with van der Waals surface area (Å²) in [6.45, 7) is 6.11. The molecular formula is C18H23N3O. The second kappa shape index (κ2) is 7.59. The van der Waals surface area contributed by atoms with Gasteiger partial charge < -0.3 is 10.6 Å². The van der Waals surface area contributed by atoms with E-state index in [4.69, 9.17) is 0 Å². The molecule has 4 heteroatoms. The van der Waals surface area contributed by atoms with Gasteiger partial charge in [0.2, 0.25) is 5.91 Å². The number of carbonyl (C=O) groups is 1. The molecule has 2 aromatic rings. The van der Waals surface area contributed by atoms with E-state index >= 15 is 0 Å². The molecule has 0 spiro atoms. The summed E-state index contributed by atoms with van der Waals surface area (Å²) in [7, 11) is 0. The molecule has 0 aliphatic rings. The monoisotopic (exact) mass is 297 g/mol. The maximum Gasteiger partial charge on any atom is 0.228 e. The summed E-state index contributed by atoms with van der Waals surface area (Å²) in [6.07, 6.45) is 3.41. The number of rotatable bonds is 6. The van der Waals surface area contributed by atoms with E-state index in [0.29, 0.717) is 5.82 Å². The zero-order chi connectivity index (χ0) is 15.9. The van der Waals surface area contributed by atoms with Crippen molar-refractivity contribution in [2.24, 2.45) is 5.92 Å². The van der Waals surface area contributed by atoms with Crippen molar-refractivity contribution in [3.8, 4) is 0 Å². The molecule has 0 aliphatic heterocycles. The van der Waals surface area contributed by atoms with E-state index in [1.807, 2.05) is 38.1 Å². The molecule has 0 fully saturated rings. The minimum atomic E-state index is 0.0387. The largest absolute Gasteiger partial charge is 0.354 e. The van der Waals surface area contributed by atoms with Crippen LogP contribution in [0.25, 0.3) is 0 Å². The van der Waals surface area contributed by atoms with Gasteiger partial charge in [-0.15, -0.1) is 0 Å². The van der Waals surface area contributed by atoms with Crippen molar-refractivity contribution < 1.29 is 4.79 Å². The summed E-state index contributed by atoms with van der Waals surface area (Å²) >= 11 is 0. The Kier molecular flexibility index (Phi) is 5.53. The van der Waals surface area contributed by atoms with Crippen molar-refractivity contribution in [1.29, 1.82) is 0 Å². The number of nitrogens with one attached hydrogen (secondary N) is 2. The summed E-state index contributed by atoms with van der Waals surface area (Å²) in [6, 6.07) is 11.9. The van der Waals surface area contributed by atoms with Gasteiger partial charge in [0.1, 0.15) is 5.82 Å². The number of pyridine rings is 1. The average molecular weight is 297 g/mol. The molecule has 0 unspecified atom stereocenters. The van der Waals surface area contributed by atoms with Crippen molar-refractivity contribution in [2.75, 3.05) is 10.6 Å². The van der Waals surface area contributed by atoms with Crippen molar-refractivity contribution in [3.05, 3.63) is 48.2 Å². The zero-order valence-electron chi connectivity index (χ0n) is 13.4. The number of hydrogen-bond acceptors (Lipinski definition) is 3. The second-order valence-electron chi connectivity index (χ2n) is 5.43. The van der Waals surface area contributed by atoms with Crippen LogP contribution >= 0.6 is 0 Å². The van der Waals surface area contributed by atoms with Gasteiger partial charge in [-0.05, 0) is 44.0 Å². The first-order valence-corrected chi connectivity index (χ1v) is 7.73. The van der Waals surface area contributed by atoms with Crippen molar-refractivity contribution >= 4 is 23.1 Å². The number of nitrogens with zero attached hydrogens (tertiary/aromatic N) is 1. The first-order valence-electron chi connectivity index (χ1n) is 7.73. The van der Waals surface area contributed by atoms with Crippen molar-refractivity contribution in [3.63, 3.8) is 0 Å². The van der Waals surface area contributed by atoms with Gasteiger partial charge in [0.05, 0.1) is 11.9 Å². The molecule has 22 heavy (non-hydrogen) atoms. The standard InChI is InChI=1S/C18H23N3O/c1-4-14(5-2)18(22)21-17-11-10-16(12-19-17)20-15-8-6-13(3)7-9-15/h6-12,14,20H,4-5H2,1-3H3,(H,19,21,22). The summed E-state index contributed by atoms with van der Waals surface area (Å²) in [5.41, 5.74) is 3.13. The molecule has 0 aliphatic carbocycles. The summed E-state index contributed by atoms with van der Waals surface area (Å²) in [4.78, 5) is 16.3. The van der Waals surface area contributed by atoms with Gasteiger partial charge in [-0.1, -0.05) is 31.5 Å². The minimum absolute atomic E-state index is 0.0387. The number of hydrogen-bond donors (Lipinski definition) is 2. The Labute approximate surface area is 132 Å². The third-order valence-corrected chi connectivity index (χ3v) is 3.71. The Hall–Kier alpha value is -2.36. The molecule has 1 aromatic heterocycles. The van der Waals surface area contributed by atoms with Gasteiger partial charge in [0.25, 0.3) is 0 Å². The van der Waals surface area contributed by atoms with Crippen LogP contribution in [0, 0.1) is 12.8 Å². The number of aromatic nitrogens is 1. The first kappa shape index (κ1) is 16.0. The van der Waals surface area contributed by atoms with E-state index < -0.39 is 0 Å². The highest BCUT2D eigenvalue weighted by Gasteiger charge is 2.14. The summed E-state index contributed by atoms with van der Waals surface area (Å²) in [5.74, 6) is 0.676. The number of benzene rings is 1. The Bertz CT molecular complexity index is 601. The van der Waals surface area contributed by atoms with Gasteiger partial charge in [-0.3, -0.25) is 4.79 Å². The molecular weight excluding hydrogens is 274 g/mol. The molecule has 0 saturated heterocycles. The molecule has 1 aromatic carbocycles. The van der Waals surface area contributed by atoms with Crippen LogP contribution in [-0.4, -0.2) is 10.9 Å². The number of carbonyl (C=O) groups excluding carboxylic acids is 1. The normalized spacial score (nSPS) is 10.5. The van der Waals surface area contributed by atoms with Crippen LogP contribution < -0.4 is 10.6 Å². The van der Waals surface area contributed by atoms with E-state index in [-0.39, 0.29) is 11.8 Å². The highest BCUT2D eigenvalue weighted by molar-refractivity contribution is 5.91. The smallest absolute Gasteiger partial charge is 0.228 e. The molecule has 4 nitrogen and oxygen atoms in total. The average Bonchev–Trinajstić information content (AvgIpc) is 2.53. The number of amides is 1. The lowest BCUT2D eigenvalue weighted by Gasteiger charge is -2.12. The fourth-order valence-corrected chi connectivity index (χ4v) is 2.23. The molecule has 116 valence electrons. The molecule has 0 saturated carbocycles. The maximum atomic E-state index is 12.0. The van der Waals surface area contributed by atoms with E-state index in [0.717, 1.165) is 24.2 Å². The lowest BCUT2D eigenvalue weighted by molar-refractivity contribution is -0.120. The predicted molar refractivity (Wildman–Crippen MR) is 91.4 cm³/mol. The molecule has 0 bridgehead atoms. The van der Waals surface area contributed by atoms with Gasteiger partial charge >= 0.3 is 0 Å². The third kappa shape index (κ3) is 4.32. The highest BCUT2D eigenvalue weighted by atomic mass is 16.1. The van der Waals surface area contributed by atoms with Gasteiger partial charge in [-0.25, -0.2) is 4.98 Å². The molecule has 1 amide bonds. The van der Waals surface area contributed by atoms with Crippen LogP contribution in [0.1, 0.15) is 32.3 Å². The van der Waals surface area contributed by atoms with Crippen LogP contribution in [0.3, 0.4) is 0 Å². The lowest BCUT2D eigenvalue weighted by Crippen LogP contribution is -2.22. The topological polar surface area (TPSA) is 54.0 Å². The quantitative estimate of drug-likeness (QED) is 0.825. The SMILES string of the molecule is CCC(CC)C(=O)Nc1ccc(Nc2ccc(C)cc2)cn1. The van der Waals surface area contributed by atoms with Crippen molar-refractivity contribution in [1.82, 2.24) is 4.98 Å².